The van der Waals surface area contributed by atoms with E-state index in [2.05, 4.69) is 10.2 Å². The van der Waals surface area contributed by atoms with Crippen LogP contribution < -0.4 is 5.73 Å². The van der Waals surface area contributed by atoms with Crippen LogP contribution in [0.25, 0.3) is 0 Å². The predicted molar refractivity (Wildman–Crippen MR) is 71.0 cm³/mol. The fourth-order valence-electron chi connectivity index (χ4n) is 1.35. The van der Waals surface area contributed by atoms with Crippen molar-refractivity contribution in [2.75, 3.05) is 12.8 Å². The van der Waals surface area contributed by atoms with Crippen molar-refractivity contribution in [3.05, 3.63) is 28.8 Å². The first kappa shape index (κ1) is 12.8. The maximum atomic E-state index is 11.7. The van der Waals surface area contributed by atoms with Gasteiger partial charge in [-0.2, -0.15) is 0 Å². The Labute approximate surface area is 112 Å². The molecular weight excluding hydrogens is 270 g/mol. The molecule has 2 aromatic rings. The van der Waals surface area contributed by atoms with Crippen LogP contribution in [-0.4, -0.2) is 23.3 Å². The summed E-state index contributed by atoms with van der Waals surface area (Å²) in [5, 5.41) is 8.80. The second kappa shape index (κ2) is 5.36. The van der Waals surface area contributed by atoms with Gasteiger partial charge in [-0.25, -0.2) is 4.79 Å². The third kappa shape index (κ3) is 2.62. The van der Waals surface area contributed by atoms with Crippen LogP contribution in [0.2, 0.25) is 0 Å². The second-order valence-electron chi connectivity index (χ2n) is 3.40. The lowest BCUT2D eigenvalue weighted by Crippen LogP contribution is -2.04. The van der Waals surface area contributed by atoms with Gasteiger partial charge >= 0.3 is 5.97 Å². The molecule has 94 valence electrons. The molecule has 18 heavy (non-hydrogen) atoms. The summed E-state index contributed by atoms with van der Waals surface area (Å²) in [4.78, 5) is 12.3. The fourth-order valence-corrected chi connectivity index (χ4v) is 3.24. The normalized spacial score (nSPS) is 10.3. The number of aromatic nitrogens is 2. The van der Waals surface area contributed by atoms with E-state index in [-0.39, 0.29) is 0 Å². The van der Waals surface area contributed by atoms with Crippen molar-refractivity contribution in [3.8, 4) is 0 Å². The highest BCUT2D eigenvalue weighted by Gasteiger charge is 2.16. The molecule has 0 saturated heterocycles. The van der Waals surface area contributed by atoms with Crippen molar-refractivity contribution in [1.82, 2.24) is 10.2 Å². The van der Waals surface area contributed by atoms with E-state index in [1.807, 2.05) is 6.92 Å². The fraction of sp³-hybridized carbons (Fsp3) is 0.182. The van der Waals surface area contributed by atoms with E-state index in [4.69, 9.17) is 10.5 Å². The van der Waals surface area contributed by atoms with Crippen LogP contribution in [0, 0.1) is 6.92 Å². The number of carbonyl (C=O) groups excluding carboxylic acids is 1. The van der Waals surface area contributed by atoms with E-state index in [9.17, 15) is 4.79 Å². The van der Waals surface area contributed by atoms with E-state index in [0.717, 1.165) is 9.35 Å². The molecule has 0 aliphatic rings. The lowest BCUT2D eigenvalue weighted by molar-refractivity contribution is 0.0597. The van der Waals surface area contributed by atoms with Gasteiger partial charge in [0.15, 0.2) is 4.34 Å². The van der Waals surface area contributed by atoms with Crippen molar-refractivity contribution < 1.29 is 9.53 Å². The van der Waals surface area contributed by atoms with E-state index in [1.54, 1.807) is 18.2 Å². The Balaban J connectivity index is 2.39. The van der Waals surface area contributed by atoms with Gasteiger partial charge in [0.1, 0.15) is 5.01 Å². The Kier molecular flexibility index (Phi) is 3.83. The monoisotopic (exact) mass is 281 g/mol. The number of methoxy groups -OCH3 is 1. The quantitative estimate of drug-likeness (QED) is 0.687. The van der Waals surface area contributed by atoms with Gasteiger partial charge in [-0.3, -0.25) is 0 Å². The molecule has 1 aromatic heterocycles. The molecule has 0 amide bonds. The molecule has 0 bridgehead atoms. The number of aryl methyl sites for hydroxylation is 1. The first-order chi connectivity index (χ1) is 8.61. The number of rotatable bonds is 3. The SMILES string of the molecule is COC(=O)c1cccc(N)c1Sc1nnc(C)s1. The van der Waals surface area contributed by atoms with Crippen molar-refractivity contribution in [3.63, 3.8) is 0 Å². The van der Waals surface area contributed by atoms with Crippen molar-refractivity contribution in [2.24, 2.45) is 0 Å². The summed E-state index contributed by atoms with van der Waals surface area (Å²) in [6.45, 7) is 1.87. The minimum Gasteiger partial charge on any atom is -0.465 e. The molecule has 0 spiro atoms. The van der Waals surface area contributed by atoms with E-state index < -0.39 is 5.97 Å². The van der Waals surface area contributed by atoms with Crippen molar-refractivity contribution in [1.29, 1.82) is 0 Å². The van der Waals surface area contributed by atoms with E-state index in [0.29, 0.717) is 16.1 Å². The first-order valence-electron chi connectivity index (χ1n) is 5.06. The Morgan fingerprint density at radius 1 is 1.44 bits per heavy atom. The van der Waals surface area contributed by atoms with Crippen LogP contribution in [0.15, 0.2) is 27.4 Å². The van der Waals surface area contributed by atoms with Gasteiger partial charge in [-0.05, 0) is 19.1 Å². The van der Waals surface area contributed by atoms with Gasteiger partial charge in [-0.15, -0.1) is 10.2 Å². The zero-order valence-corrected chi connectivity index (χ0v) is 11.5. The smallest absolute Gasteiger partial charge is 0.339 e. The number of benzene rings is 1. The number of carbonyl (C=O) groups is 1. The molecule has 0 aliphatic carbocycles. The molecule has 1 heterocycles. The zero-order chi connectivity index (χ0) is 13.1. The molecule has 5 nitrogen and oxygen atoms in total. The number of nitrogens with zero attached hydrogens (tertiary/aromatic N) is 2. The Morgan fingerprint density at radius 2 is 2.22 bits per heavy atom. The largest absolute Gasteiger partial charge is 0.465 e. The van der Waals surface area contributed by atoms with Gasteiger partial charge < -0.3 is 10.5 Å². The molecular formula is C11H11N3O2S2. The molecule has 2 N–H and O–H groups in total. The maximum absolute atomic E-state index is 11.7. The van der Waals surface area contributed by atoms with E-state index >= 15 is 0 Å². The van der Waals surface area contributed by atoms with Crippen LogP contribution in [0.1, 0.15) is 15.4 Å². The van der Waals surface area contributed by atoms with Crippen LogP contribution in [0.3, 0.4) is 0 Å². The summed E-state index contributed by atoms with van der Waals surface area (Å²) < 4.78 is 5.48. The van der Waals surface area contributed by atoms with Gasteiger partial charge in [0.05, 0.1) is 17.6 Å². The van der Waals surface area contributed by atoms with Crippen LogP contribution in [0.5, 0.6) is 0 Å². The molecule has 0 radical (unpaired) electrons. The minimum atomic E-state index is -0.411. The summed E-state index contributed by atoms with van der Waals surface area (Å²) in [7, 11) is 1.34. The first-order valence-corrected chi connectivity index (χ1v) is 6.70. The number of nitrogen functional groups attached to an aromatic ring is 1. The highest BCUT2D eigenvalue weighted by Crippen LogP contribution is 2.36. The number of esters is 1. The average Bonchev–Trinajstić information content (AvgIpc) is 2.76. The highest BCUT2D eigenvalue weighted by atomic mass is 32.2. The van der Waals surface area contributed by atoms with Gasteiger partial charge in [0.25, 0.3) is 0 Å². The summed E-state index contributed by atoms with van der Waals surface area (Å²) in [5.74, 6) is -0.411. The molecule has 0 unspecified atom stereocenters. The molecule has 7 heteroatoms. The molecule has 1 aromatic carbocycles. The van der Waals surface area contributed by atoms with Crippen LogP contribution >= 0.6 is 23.1 Å². The van der Waals surface area contributed by atoms with Crippen LogP contribution in [0.4, 0.5) is 5.69 Å². The lowest BCUT2D eigenvalue weighted by Gasteiger charge is -2.08. The standard InChI is InChI=1S/C11H11N3O2S2/c1-6-13-14-11(17-6)18-9-7(10(15)16-2)4-3-5-8(9)12/h3-5H,12H2,1-2H3. The minimum absolute atomic E-state index is 0.411. The highest BCUT2D eigenvalue weighted by molar-refractivity contribution is 8.01. The van der Waals surface area contributed by atoms with E-state index in [1.165, 1.54) is 30.2 Å². The number of hydrogen-bond donors (Lipinski definition) is 1. The van der Waals surface area contributed by atoms with Crippen molar-refractivity contribution >= 4 is 34.8 Å². The summed E-state index contributed by atoms with van der Waals surface area (Å²) >= 11 is 2.78. The molecule has 0 saturated carbocycles. The average molecular weight is 281 g/mol. The summed E-state index contributed by atoms with van der Waals surface area (Å²) in [6.07, 6.45) is 0. The Morgan fingerprint density at radius 3 is 2.83 bits per heavy atom. The number of ether oxygens (including phenoxy) is 1. The molecule has 0 aliphatic heterocycles. The van der Waals surface area contributed by atoms with Gasteiger partial charge in [0.2, 0.25) is 0 Å². The second-order valence-corrected chi connectivity index (χ2v) is 5.84. The number of hydrogen-bond acceptors (Lipinski definition) is 7. The Bertz CT molecular complexity index is 583. The third-order valence-electron chi connectivity index (χ3n) is 2.15. The zero-order valence-electron chi connectivity index (χ0n) is 9.84. The molecule has 0 fully saturated rings. The van der Waals surface area contributed by atoms with Crippen LogP contribution in [-0.2, 0) is 4.74 Å². The Hall–Kier alpha value is -1.60. The third-order valence-corrected chi connectivity index (χ3v) is 4.20. The predicted octanol–water partition coefficient (Wildman–Crippen LogP) is 2.37. The summed E-state index contributed by atoms with van der Waals surface area (Å²) in [6, 6.07) is 5.14. The van der Waals surface area contributed by atoms with Crippen molar-refractivity contribution in [2.45, 2.75) is 16.2 Å². The number of nitrogens with two attached hydrogens (primary N) is 1. The number of anilines is 1. The van der Waals surface area contributed by atoms with Gasteiger partial charge in [-0.1, -0.05) is 29.2 Å². The molecule has 0 atom stereocenters. The maximum Gasteiger partial charge on any atom is 0.339 e. The topological polar surface area (TPSA) is 78.1 Å². The lowest BCUT2D eigenvalue weighted by atomic mass is 10.2. The van der Waals surface area contributed by atoms with Gasteiger partial charge in [0, 0.05) is 5.69 Å². The summed E-state index contributed by atoms with van der Waals surface area (Å²) in [5.41, 5.74) is 6.86. The molecule has 2 rings (SSSR count).